The fraction of sp³-hybridized carbons (Fsp3) is 0.136. The molecule has 29 heavy (non-hydrogen) atoms. The van der Waals surface area contributed by atoms with Crippen LogP contribution in [0.5, 0.6) is 5.75 Å². The highest BCUT2D eigenvalue weighted by atomic mass is 32.2. The molecule has 0 radical (unpaired) electrons. The molecule has 0 aliphatic heterocycles. The van der Waals surface area contributed by atoms with Crippen LogP contribution in [0.25, 0.3) is 0 Å². The number of aryl methyl sites for hydroxylation is 1. The van der Waals surface area contributed by atoms with E-state index in [1.807, 2.05) is 19.9 Å². The predicted molar refractivity (Wildman–Crippen MR) is 114 cm³/mol. The number of anilines is 2. The number of rotatable bonds is 7. The zero-order valence-corrected chi connectivity index (χ0v) is 17.0. The first-order valence-corrected chi connectivity index (χ1v) is 10.6. The second-order valence-electron chi connectivity index (χ2n) is 6.38. The molecule has 0 unspecified atom stereocenters. The van der Waals surface area contributed by atoms with Gasteiger partial charge in [0.05, 0.1) is 17.2 Å². The van der Waals surface area contributed by atoms with Crippen LogP contribution in [0.15, 0.2) is 77.7 Å². The third-order valence-electron chi connectivity index (χ3n) is 4.14. The van der Waals surface area contributed by atoms with E-state index >= 15 is 0 Å². The summed E-state index contributed by atoms with van der Waals surface area (Å²) < 4.78 is 33.2. The van der Waals surface area contributed by atoms with Crippen LogP contribution in [0.2, 0.25) is 0 Å². The van der Waals surface area contributed by atoms with E-state index < -0.39 is 10.0 Å². The van der Waals surface area contributed by atoms with Gasteiger partial charge in [0.1, 0.15) is 5.75 Å². The zero-order valence-electron chi connectivity index (χ0n) is 16.2. The van der Waals surface area contributed by atoms with E-state index in [2.05, 4.69) is 10.0 Å². The molecule has 3 rings (SSSR count). The highest BCUT2D eigenvalue weighted by molar-refractivity contribution is 7.92. The summed E-state index contributed by atoms with van der Waals surface area (Å²) in [5.74, 6) is 0.202. The predicted octanol–water partition coefficient (Wildman–Crippen LogP) is 4.45. The molecule has 3 aromatic carbocycles. The first-order chi connectivity index (χ1) is 13.9. The van der Waals surface area contributed by atoms with Crippen LogP contribution >= 0.6 is 0 Å². The van der Waals surface area contributed by atoms with Gasteiger partial charge in [-0.15, -0.1) is 0 Å². The van der Waals surface area contributed by atoms with Gasteiger partial charge in [-0.05, 0) is 56.3 Å². The van der Waals surface area contributed by atoms with Gasteiger partial charge in [0.25, 0.3) is 15.9 Å². The second-order valence-corrected chi connectivity index (χ2v) is 8.07. The van der Waals surface area contributed by atoms with Crippen molar-refractivity contribution in [3.8, 4) is 5.75 Å². The summed E-state index contributed by atoms with van der Waals surface area (Å²) in [5, 5.41) is 2.80. The van der Waals surface area contributed by atoms with Crippen molar-refractivity contribution in [2.75, 3.05) is 16.6 Å². The summed E-state index contributed by atoms with van der Waals surface area (Å²) in [6.45, 7) is 4.22. The molecule has 150 valence electrons. The van der Waals surface area contributed by atoms with Gasteiger partial charge >= 0.3 is 0 Å². The minimum atomic E-state index is -3.75. The molecule has 0 saturated carbocycles. The first-order valence-electron chi connectivity index (χ1n) is 9.12. The number of nitrogens with one attached hydrogen (secondary N) is 2. The maximum Gasteiger partial charge on any atom is 0.261 e. The summed E-state index contributed by atoms with van der Waals surface area (Å²) in [4.78, 5) is 12.8. The van der Waals surface area contributed by atoms with Crippen molar-refractivity contribution in [2.24, 2.45) is 0 Å². The van der Waals surface area contributed by atoms with Gasteiger partial charge in [0.2, 0.25) is 0 Å². The average Bonchev–Trinajstić information content (AvgIpc) is 2.70. The van der Waals surface area contributed by atoms with Gasteiger partial charge in [-0.3, -0.25) is 9.52 Å². The monoisotopic (exact) mass is 410 g/mol. The molecule has 0 spiro atoms. The first kappa shape index (κ1) is 20.4. The van der Waals surface area contributed by atoms with Gasteiger partial charge in [0, 0.05) is 11.3 Å². The number of hydrogen-bond acceptors (Lipinski definition) is 4. The van der Waals surface area contributed by atoms with E-state index in [4.69, 9.17) is 4.74 Å². The van der Waals surface area contributed by atoms with E-state index in [0.29, 0.717) is 29.3 Å². The Morgan fingerprint density at radius 1 is 0.966 bits per heavy atom. The summed E-state index contributed by atoms with van der Waals surface area (Å²) in [5.41, 5.74) is 2.14. The molecule has 0 heterocycles. The van der Waals surface area contributed by atoms with Gasteiger partial charge < -0.3 is 10.1 Å². The van der Waals surface area contributed by atoms with E-state index in [-0.39, 0.29) is 10.8 Å². The number of ether oxygens (including phenoxy) is 1. The number of para-hydroxylation sites is 2. The topological polar surface area (TPSA) is 84.5 Å². The Hall–Kier alpha value is -3.32. The molecule has 6 nitrogen and oxygen atoms in total. The molecule has 0 fully saturated rings. The largest absolute Gasteiger partial charge is 0.492 e. The minimum absolute atomic E-state index is 0.156. The molecule has 2 N–H and O–H groups in total. The van der Waals surface area contributed by atoms with Crippen LogP contribution in [0.3, 0.4) is 0 Å². The number of benzene rings is 3. The normalized spacial score (nSPS) is 11.0. The number of carbonyl (C=O) groups excluding carboxylic acids is 1. The molecule has 0 aromatic heterocycles. The van der Waals surface area contributed by atoms with Gasteiger partial charge in [0.15, 0.2) is 0 Å². The Labute approximate surface area is 170 Å². The Morgan fingerprint density at radius 2 is 1.69 bits per heavy atom. The van der Waals surface area contributed by atoms with Gasteiger partial charge in [-0.25, -0.2) is 8.42 Å². The average molecular weight is 410 g/mol. The maximum atomic E-state index is 12.7. The molecule has 3 aromatic rings. The van der Waals surface area contributed by atoms with Crippen molar-refractivity contribution in [3.63, 3.8) is 0 Å². The van der Waals surface area contributed by atoms with Crippen LogP contribution in [0.4, 0.5) is 11.4 Å². The Morgan fingerprint density at radius 3 is 2.41 bits per heavy atom. The Bertz CT molecular complexity index is 1110. The summed E-state index contributed by atoms with van der Waals surface area (Å²) in [7, 11) is -3.75. The quantitative estimate of drug-likeness (QED) is 0.603. The zero-order chi connectivity index (χ0) is 20.9. The maximum absolute atomic E-state index is 12.7. The minimum Gasteiger partial charge on any atom is -0.492 e. The molecule has 0 atom stereocenters. The van der Waals surface area contributed by atoms with Crippen molar-refractivity contribution in [1.29, 1.82) is 0 Å². The smallest absolute Gasteiger partial charge is 0.261 e. The molecule has 0 aliphatic carbocycles. The molecular weight excluding hydrogens is 388 g/mol. The third kappa shape index (κ3) is 5.14. The van der Waals surface area contributed by atoms with Crippen LogP contribution in [0.1, 0.15) is 22.8 Å². The summed E-state index contributed by atoms with van der Waals surface area (Å²) in [6.07, 6.45) is 0. The fourth-order valence-corrected chi connectivity index (χ4v) is 3.75. The van der Waals surface area contributed by atoms with Crippen molar-refractivity contribution < 1.29 is 17.9 Å². The number of carbonyl (C=O) groups is 1. The van der Waals surface area contributed by atoms with Gasteiger partial charge in [-0.1, -0.05) is 35.9 Å². The SMILES string of the molecule is CCOc1ccccc1NC(=O)c1cccc(NS(=O)(=O)c2ccc(C)cc2)c1. The lowest BCUT2D eigenvalue weighted by Gasteiger charge is -2.12. The lowest BCUT2D eigenvalue weighted by atomic mass is 10.2. The molecule has 0 bridgehead atoms. The van der Waals surface area contributed by atoms with Gasteiger partial charge in [-0.2, -0.15) is 0 Å². The number of sulfonamides is 1. The van der Waals surface area contributed by atoms with E-state index in [9.17, 15) is 13.2 Å². The molecule has 1 amide bonds. The standard InChI is InChI=1S/C22H22N2O4S/c1-3-28-21-10-5-4-9-20(21)23-22(25)17-7-6-8-18(15-17)24-29(26,27)19-13-11-16(2)12-14-19/h4-15,24H,3H2,1-2H3,(H,23,25). The second kappa shape index (κ2) is 8.79. The van der Waals surface area contributed by atoms with Crippen LogP contribution < -0.4 is 14.8 Å². The molecule has 0 aliphatic rings. The summed E-state index contributed by atoms with van der Waals surface area (Å²) >= 11 is 0. The third-order valence-corrected chi connectivity index (χ3v) is 5.54. The van der Waals surface area contributed by atoms with Crippen molar-refractivity contribution in [2.45, 2.75) is 18.7 Å². The van der Waals surface area contributed by atoms with E-state index in [1.165, 1.54) is 6.07 Å². The number of amides is 1. The van der Waals surface area contributed by atoms with Crippen molar-refractivity contribution >= 4 is 27.3 Å². The van der Waals surface area contributed by atoms with Crippen LogP contribution in [-0.4, -0.2) is 20.9 Å². The van der Waals surface area contributed by atoms with E-state index in [1.54, 1.807) is 60.7 Å². The fourth-order valence-electron chi connectivity index (χ4n) is 2.70. The highest BCUT2D eigenvalue weighted by Crippen LogP contribution is 2.25. The van der Waals surface area contributed by atoms with Crippen LogP contribution in [-0.2, 0) is 10.0 Å². The highest BCUT2D eigenvalue weighted by Gasteiger charge is 2.15. The Kier molecular flexibility index (Phi) is 6.19. The lowest BCUT2D eigenvalue weighted by molar-refractivity contribution is 0.102. The number of hydrogen-bond donors (Lipinski definition) is 2. The molecule has 0 saturated heterocycles. The lowest BCUT2D eigenvalue weighted by Crippen LogP contribution is -2.15. The summed E-state index contributed by atoms with van der Waals surface area (Å²) in [6, 6.07) is 20.0. The van der Waals surface area contributed by atoms with Crippen LogP contribution in [0, 0.1) is 6.92 Å². The van der Waals surface area contributed by atoms with Crippen molar-refractivity contribution in [1.82, 2.24) is 0 Å². The van der Waals surface area contributed by atoms with Crippen molar-refractivity contribution in [3.05, 3.63) is 83.9 Å². The van der Waals surface area contributed by atoms with E-state index in [0.717, 1.165) is 5.56 Å². The molecular formula is C22H22N2O4S. The Balaban J connectivity index is 1.79. The molecule has 7 heteroatoms.